The number of aromatic nitrogens is 4. The number of rotatable bonds is 5. The van der Waals surface area contributed by atoms with E-state index in [9.17, 15) is 13.2 Å². The summed E-state index contributed by atoms with van der Waals surface area (Å²) < 4.78 is 30.8. The Bertz CT molecular complexity index is 1420. The summed E-state index contributed by atoms with van der Waals surface area (Å²) in [5.41, 5.74) is 2.58. The van der Waals surface area contributed by atoms with Crippen molar-refractivity contribution in [3.8, 4) is 5.82 Å². The van der Waals surface area contributed by atoms with Crippen LogP contribution in [0.15, 0.2) is 66.1 Å². The third-order valence-electron chi connectivity index (χ3n) is 5.87. The number of benzene rings is 1. The molecule has 4 aromatic rings. The van der Waals surface area contributed by atoms with Crippen molar-refractivity contribution in [1.82, 2.24) is 23.4 Å². The minimum absolute atomic E-state index is 0.137. The van der Waals surface area contributed by atoms with Gasteiger partial charge in [-0.25, -0.2) is 18.4 Å². The first-order valence-corrected chi connectivity index (χ1v) is 12.2. The third-order valence-corrected chi connectivity index (χ3v) is 7.74. The summed E-state index contributed by atoms with van der Waals surface area (Å²) >= 11 is 0. The molecule has 0 unspecified atom stereocenters. The molecular formula is C23H24N6O3S. The average Bonchev–Trinajstić information content (AvgIpc) is 3.44. The fourth-order valence-electron chi connectivity index (χ4n) is 4.09. The fraction of sp³-hybridized carbons (Fsp3) is 0.261. The summed E-state index contributed by atoms with van der Waals surface area (Å²) in [6.07, 6.45) is 7.52. The maximum absolute atomic E-state index is 12.9. The van der Waals surface area contributed by atoms with E-state index in [0.717, 1.165) is 30.3 Å². The molecule has 33 heavy (non-hydrogen) atoms. The van der Waals surface area contributed by atoms with E-state index < -0.39 is 15.9 Å². The van der Waals surface area contributed by atoms with Gasteiger partial charge in [0, 0.05) is 26.3 Å². The summed E-state index contributed by atoms with van der Waals surface area (Å²) in [5.74, 6) is 0.274. The normalized spacial score (nSPS) is 15.1. The lowest BCUT2D eigenvalue weighted by atomic mass is 10.2. The lowest BCUT2D eigenvalue weighted by molar-refractivity contribution is 0.101. The standard InChI is InChI=1S/C23H24N6O3S/c1-27-15-18(33(31,32)28-11-5-2-6-12-28)13-21(27)23(30)26-17-9-10-22(24-14-17)29-16-25-19-7-3-4-8-20(19)29/h3-4,7-10,13-16H,2,5-6,11-12H2,1H3,(H,26,30). The number of aryl methyl sites for hydroxylation is 1. The lowest BCUT2D eigenvalue weighted by Gasteiger charge is -2.25. The summed E-state index contributed by atoms with van der Waals surface area (Å²) in [4.78, 5) is 21.8. The molecule has 3 aromatic heterocycles. The van der Waals surface area contributed by atoms with E-state index >= 15 is 0 Å². The highest BCUT2D eigenvalue weighted by Crippen LogP contribution is 2.23. The van der Waals surface area contributed by atoms with Crippen LogP contribution in [-0.4, -0.2) is 50.8 Å². The molecule has 0 spiro atoms. The number of pyridine rings is 1. The quantitative estimate of drug-likeness (QED) is 0.489. The van der Waals surface area contributed by atoms with Gasteiger partial charge in [-0.3, -0.25) is 9.36 Å². The molecule has 1 amide bonds. The van der Waals surface area contributed by atoms with Crippen molar-refractivity contribution in [3.05, 3.63) is 66.9 Å². The average molecular weight is 465 g/mol. The highest BCUT2D eigenvalue weighted by molar-refractivity contribution is 7.89. The molecular weight excluding hydrogens is 440 g/mol. The zero-order valence-corrected chi connectivity index (χ0v) is 19.0. The largest absolute Gasteiger partial charge is 0.345 e. The van der Waals surface area contributed by atoms with Crippen molar-refractivity contribution in [2.45, 2.75) is 24.2 Å². The molecule has 0 atom stereocenters. The Hall–Kier alpha value is -3.50. The van der Waals surface area contributed by atoms with E-state index in [-0.39, 0.29) is 10.6 Å². The Balaban J connectivity index is 1.34. The molecule has 1 aliphatic rings. The molecule has 0 aliphatic carbocycles. The zero-order chi connectivity index (χ0) is 23.0. The highest BCUT2D eigenvalue weighted by Gasteiger charge is 2.28. The maximum atomic E-state index is 12.9. The van der Waals surface area contributed by atoms with Crippen molar-refractivity contribution in [3.63, 3.8) is 0 Å². The number of sulfonamides is 1. The zero-order valence-electron chi connectivity index (χ0n) is 18.2. The molecule has 170 valence electrons. The number of para-hydroxylation sites is 2. The number of hydrogen-bond donors (Lipinski definition) is 1. The van der Waals surface area contributed by atoms with Crippen LogP contribution in [0.4, 0.5) is 5.69 Å². The van der Waals surface area contributed by atoms with Crippen molar-refractivity contribution in [1.29, 1.82) is 0 Å². The van der Waals surface area contributed by atoms with Crippen molar-refractivity contribution >= 4 is 32.7 Å². The van der Waals surface area contributed by atoms with Gasteiger partial charge in [0.1, 0.15) is 22.7 Å². The molecule has 4 heterocycles. The molecule has 1 fully saturated rings. The Labute approximate surface area is 191 Å². The summed E-state index contributed by atoms with van der Waals surface area (Å²) in [6, 6.07) is 12.7. The van der Waals surface area contributed by atoms with Gasteiger partial charge < -0.3 is 9.88 Å². The second-order valence-electron chi connectivity index (χ2n) is 8.10. The van der Waals surface area contributed by atoms with Gasteiger partial charge in [-0.15, -0.1) is 0 Å². The first-order chi connectivity index (χ1) is 15.9. The van der Waals surface area contributed by atoms with Gasteiger partial charge in [-0.2, -0.15) is 4.31 Å². The van der Waals surface area contributed by atoms with Crippen molar-refractivity contribution in [2.24, 2.45) is 7.05 Å². The smallest absolute Gasteiger partial charge is 0.272 e. The first-order valence-electron chi connectivity index (χ1n) is 10.8. The van der Waals surface area contributed by atoms with Crippen molar-refractivity contribution < 1.29 is 13.2 Å². The van der Waals surface area contributed by atoms with Gasteiger partial charge in [0.05, 0.1) is 22.9 Å². The predicted octanol–water partition coefficient (Wildman–Crippen LogP) is 3.19. The molecule has 9 nitrogen and oxygen atoms in total. The van der Waals surface area contributed by atoms with E-state index in [1.165, 1.54) is 21.1 Å². The Morgan fingerprint density at radius 2 is 1.82 bits per heavy atom. The number of hydrogen-bond acceptors (Lipinski definition) is 5. The molecule has 1 aromatic carbocycles. The van der Waals surface area contributed by atoms with Gasteiger partial charge >= 0.3 is 0 Å². The molecule has 10 heteroatoms. The van der Waals surface area contributed by atoms with Crippen LogP contribution in [0.2, 0.25) is 0 Å². The molecule has 0 saturated carbocycles. The first kappa shape index (κ1) is 21.4. The molecule has 1 aliphatic heterocycles. The number of amides is 1. The van der Waals surface area contributed by atoms with Gasteiger partial charge in [0.15, 0.2) is 0 Å². The highest BCUT2D eigenvalue weighted by atomic mass is 32.2. The summed E-state index contributed by atoms with van der Waals surface area (Å²) in [6.45, 7) is 1.03. The number of carbonyl (C=O) groups excluding carboxylic acids is 1. The predicted molar refractivity (Wildman–Crippen MR) is 125 cm³/mol. The van der Waals surface area contributed by atoms with Crippen LogP contribution in [-0.2, 0) is 17.1 Å². The van der Waals surface area contributed by atoms with Crippen molar-refractivity contribution in [2.75, 3.05) is 18.4 Å². The molecule has 0 bridgehead atoms. The number of fused-ring (bicyclic) bond motifs is 1. The van der Waals surface area contributed by atoms with Crippen LogP contribution in [0.25, 0.3) is 16.9 Å². The fourth-order valence-corrected chi connectivity index (χ4v) is 5.68. The minimum atomic E-state index is -3.61. The Morgan fingerprint density at radius 3 is 2.58 bits per heavy atom. The topological polar surface area (TPSA) is 102 Å². The van der Waals surface area contributed by atoms with Crippen LogP contribution >= 0.6 is 0 Å². The molecule has 1 saturated heterocycles. The number of imidazole rings is 1. The van der Waals surface area contributed by atoms with Gasteiger partial charge in [-0.1, -0.05) is 18.6 Å². The van der Waals surface area contributed by atoms with E-state index in [0.29, 0.717) is 24.6 Å². The van der Waals surface area contributed by atoms with Crippen LogP contribution < -0.4 is 5.32 Å². The van der Waals surface area contributed by atoms with E-state index in [4.69, 9.17) is 0 Å². The number of anilines is 1. The minimum Gasteiger partial charge on any atom is -0.345 e. The van der Waals surface area contributed by atoms with Gasteiger partial charge in [0.2, 0.25) is 10.0 Å². The number of nitrogens with zero attached hydrogens (tertiary/aromatic N) is 5. The van der Waals surface area contributed by atoms with Gasteiger partial charge in [0.25, 0.3) is 5.91 Å². The van der Waals surface area contributed by atoms with Crippen LogP contribution in [0.1, 0.15) is 29.8 Å². The number of nitrogens with one attached hydrogen (secondary N) is 1. The van der Waals surface area contributed by atoms with E-state index in [2.05, 4.69) is 15.3 Å². The van der Waals surface area contributed by atoms with E-state index in [1.54, 1.807) is 31.7 Å². The second kappa shape index (κ2) is 8.45. The molecule has 5 rings (SSSR count). The lowest BCUT2D eigenvalue weighted by Crippen LogP contribution is -2.35. The third kappa shape index (κ3) is 4.03. The SMILES string of the molecule is Cn1cc(S(=O)(=O)N2CCCCC2)cc1C(=O)Nc1ccc(-n2cnc3ccccc32)nc1. The van der Waals surface area contributed by atoms with Crippen LogP contribution in [0, 0.1) is 0 Å². The summed E-state index contributed by atoms with van der Waals surface area (Å²) in [5, 5.41) is 2.80. The Kier molecular flexibility index (Phi) is 5.47. The molecule has 1 N–H and O–H groups in total. The van der Waals surface area contributed by atoms with Crippen LogP contribution in [0.5, 0.6) is 0 Å². The maximum Gasteiger partial charge on any atom is 0.272 e. The second-order valence-corrected chi connectivity index (χ2v) is 10.0. The monoisotopic (exact) mass is 464 g/mol. The number of carbonyl (C=O) groups is 1. The van der Waals surface area contributed by atoms with E-state index in [1.807, 2.05) is 28.8 Å². The number of piperidine rings is 1. The Morgan fingerprint density at radius 1 is 1.03 bits per heavy atom. The van der Waals surface area contributed by atoms with Crippen LogP contribution in [0.3, 0.4) is 0 Å². The van der Waals surface area contributed by atoms with Gasteiger partial charge in [-0.05, 0) is 43.2 Å². The molecule has 0 radical (unpaired) electrons. The summed E-state index contributed by atoms with van der Waals surface area (Å²) in [7, 11) is -1.94.